The van der Waals surface area contributed by atoms with Crippen LogP contribution in [-0.2, 0) is 6.42 Å². The quantitative estimate of drug-likeness (QED) is 0.169. The topological polar surface area (TPSA) is 36.9 Å². The Labute approximate surface area is 284 Å². The first-order valence-electron chi connectivity index (χ1n) is 18.1. The van der Waals surface area contributed by atoms with Gasteiger partial charge in [-0.1, -0.05) is 109 Å². The molecule has 1 saturated heterocycles. The number of aromatic amines is 1. The summed E-state index contributed by atoms with van der Waals surface area (Å²) in [5.41, 5.74) is 11.4. The molecule has 0 radical (unpaired) electrons. The molecular weight excluding hydrogens is 560 g/mol. The van der Waals surface area contributed by atoms with Crippen LogP contribution in [0, 0.1) is 19.8 Å². The molecule has 0 saturated carbocycles. The van der Waals surface area contributed by atoms with Gasteiger partial charge in [-0.05, 0) is 96.5 Å². The number of nitrogens with one attached hydrogen (secondary N) is 1. The van der Waals surface area contributed by atoms with E-state index in [0.29, 0.717) is 6.04 Å². The zero-order chi connectivity index (χ0) is 34.6. The second kappa shape index (κ2) is 22.4. The van der Waals surface area contributed by atoms with Crippen molar-refractivity contribution in [2.24, 2.45) is 5.92 Å². The Morgan fingerprint density at radius 3 is 2.04 bits per heavy atom. The van der Waals surface area contributed by atoms with Crippen LogP contribution in [0.1, 0.15) is 135 Å². The van der Waals surface area contributed by atoms with Gasteiger partial charge in [-0.3, -0.25) is 9.58 Å². The second-order valence-corrected chi connectivity index (χ2v) is 13.0. The van der Waals surface area contributed by atoms with Gasteiger partial charge in [0.25, 0.3) is 0 Å². The molecule has 4 heteroatoms. The van der Waals surface area contributed by atoms with Crippen molar-refractivity contribution in [2.75, 3.05) is 19.6 Å². The predicted molar refractivity (Wildman–Crippen MR) is 206 cm³/mol. The SMILES string of the molecule is C=CCC.CC.CC/C(=C\C=C(/C)CN1CCCC1)c1cc(Cc2cn(C(C)C)nc2-c2ccc(C)cc2)c(C)[nH]1.CCC(C)C. The minimum Gasteiger partial charge on any atom is -0.359 e. The number of aryl methyl sites for hydroxylation is 2. The second-order valence-electron chi connectivity index (χ2n) is 13.0. The summed E-state index contributed by atoms with van der Waals surface area (Å²) in [5, 5.41) is 4.97. The van der Waals surface area contributed by atoms with Crippen molar-refractivity contribution in [3.8, 4) is 11.3 Å². The highest BCUT2D eigenvalue weighted by atomic mass is 15.3. The number of hydrogen-bond donors (Lipinski definition) is 1. The molecule has 0 atom stereocenters. The molecule has 1 N–H and O–H groups in total. The summed E-state index contributed by atoms with van der Waals surface area (Å²) in [4.78, 5) is 6.23. The van der Waals surface area contributed by atoms with Gasteiger partial charge < -0.3 is 4.98 Å². The minimum absolute atomic E-state index is 0.334. The van der Waals surface area contributed by atoms with Crippen molar-refractivity contribution in [3.05, 3.63) is 95.0 Å². The number of allylic oxidation sites excluding steroid dienone is 4. The summed E-state index contributed by atoms with van der Waals surface area (Å²) < 4.78 is 2.10. The zero-order valence-corrected chi connectivity index (χ0v) is 31.8. The summed E-state index contributed by atoms with van der Waals surface area (Å²) in [5.74, 6) is 0.884. The third-order valence-electron chi connectivity index (χ3n) is 8.24. The van der Waals surface area contributed by atoms with E-state index in [-0.39, 0.29) is 0 Å². The van der Waals surface area contributed by atoms with Gasteiger partial charge >= 0.3 is 0 Å². The van der Waals surface area contributed by atoms with Crippen LogP contribution in [0.25, 0.3) is 16.8 Å². The summed E-state index contributed by atoms with van der Waals surface area (Å²) >= 11 is 0. The van der Waals surface area contributed by atoms with Gasteiger partial charge in [0.05, 0.1) is 5.69 Å². The van der Waals surface area contributed by atoms with Crippen molar-refractivity contribution in [3.63, 3.8) is 0 Å². The molecule has 256 valence electrons. The average molecular weight is 629 g/mol. The number of aromatic nitrogens is 3. The lowest BCUT2D eigenvalue weighted by Crippen LogP contribution is -2.20. The summed E-state index contributed by atoms with van der Waals surface area (Å²) in [6, 6.07) is 11.4. The summed E-state index contributed by atoms with van der Waals surface area (Å²) in [7, 11) is 0. The first kappa shape index (κ1) is 40.9. The molecule has 0 spiro atoms. The maximum Gasteiger partial charge on any atom is 0.0958 e. The van der Waals surface area contributed by atoms with E-state index in [9.17, 15) is 0 Å². The number of nitrogens with zero attached hydrogens (tertiary/aromatic N) is 3. The van der Waals surface area contributed by atoms with Gasteiger partial charge in [0.2, 0.25) is 0 Å². The number of hydrogen-bond acceptors (Lipinski definition) is 2. The number of likely N-dealkylation sites (tertiary alicyclic amines) is 1. The Kier molecular flexibility index (Phi) is 19.9. The Bertz CT molecular complexity index is 1310. The van der Waals surface area contributed by atoms with Crippen LogP contribution in [0.15, 0.2) is 66.9 Å². The fourth-order valence-corrected chi connectivity index (χ4v) is 4.93. The summed E-state index contributed by atoms with van der Waals surface area (Å²) in [6.07, 6.45) is 15.7. The molecule has 1 aromatic carbocycles. The first-order chi connectivity index (χ1) is 22.0. The molecule has 1 aliphatic heterocycles. The van der Waals surface area contributed by atoms with Gasteiger partial charge in [-0.25, -0.2) is 0 Å². The lowest BCUT2D eigenvalue weighted by atomic mass is 10.0. The van der Waals surface area contributed by atoms with Crippen LogP contribution in [0.2, 0.25) is 0 Å². The highest BCUT2D eigenvalue weighted by Gasteiger charge is 2.16. The molecule has 0 bridgehead atoms. The Hall–Kier alpha value is -3.11. The molecule has 0 amide bonds. The average Bonchev–Trinajstić information content (AvgIpc) is 3.80. The molecule has 0 unspecified atom stereocenters. The van der Waals surface area contributed by atoms with Crippen molar-refractivity contribution in [1.82, 2.24) is 19.7 Å². The van der Waals surface area contributed by atoms with Gasteiger partial charge in [0.1, 0.15) is 0 Å². The third kappa shape index (κ3) is 14.1. The van der Waals surface area contributed by atoms with Crippen molar-refractivity contribution in [1.29, 1.82) is 0 Å². The van der Waals surface area contributed by atoms with Crippen LogP contribution >= 0.6 is 0 Å². The van der Waals surface area contributed by atoms with Crippen molar-refractivity contribution < 1.29 is 0 Å². The number of rotatable bonds is 11. The van der Waals surface area contributed by atoms with Crippen LogP contribution < -0.4 is 0 Å². The molecule has 3 heterocycles. The molecule has 4 nitrogen and oxygen atoms in total. The van der Waals surface area contributed by atoms with Crippen molar-refractivity contribution in [2.45, 2.75) is 128 Å². The molecule has 1 fully saturated rings. The lowest BCUT2D eigenvalue weighted by Gasteiger charge is -2.14. The molecule has 1 aliphatic rings. The Balaban J connectivity index is 0.000000839. The molecular formula is C42H68N4. The van der Waals surface area contributed by atoms with E-state index in [1.54, 1.807) is 0 Å². The fraction of sp³-hybridized carbons (Fsp3) is 0.548. The standard InChI is InChI=1S/C31H42N4.C5H12.C4H8.C2H6/c1-7-26(13-12-24(5)20-34-16-8-9-17-34)30-19-28(25(6)32-30)18-29-21-35(22(2)3)33-31(29)27-14-10-23(4)11-15-27;1-4-5(2)3;1-3-4-2;1-2/h10-15,19,21-22,32H,7-9,16-18,20H2,1-6H3;5H,4H2,1-3H3;3H,1,4H2,2H3;1-2H3/b24-12+,26-13+;;;. The van der Waals surface area contributed by atoms with E-state index < -0.39 is 0 Å². The van der Waals surface area contributed by atoms with Crippen LogP contribution in [0.5, 0.6) is 0 Å². The summed E-state index contributed by atoms with van der Waals surface area (Å²) in [6.45, 7) is 33.0. The van der Waals surface area contributed by atoms with Gasteiger partial charge in [0.15, 0.2) is 0 Å². The Morgan fingerprint density at radius 2 is 1.54 bits per heavy atom. The maximum absolute atomic E-state index is 4.97. The Morgan fingerprint density at radius 1 is 0.957 bits per heavy atom. The van der Waals surface area contributed by atoms with E-state index in [0.717, 1.165) is 37.4 Å². The van der Waals surface area contributed by atoms with Crippen LogP contribution in [0.3, 0.4) is 0 Å². The highest BCUT2D eigenvalue weighted by Crippen LogP contribution is 2.29. The van der Waals surface area contributed by atoms with E-state index in [1.165, 1.54) is 77.1 Å². The van der Waals surface area contributed by atoms with Crippen LogP contribution in [0.4, 0.5) is 0 Å². The number of H-pyrrole nitrogens is 1. The molecule has 4 rings (SSSR count). The molecule has 2 aromatic heterocycles. The van der Waals surface area contributed by atoms with E-state index >= 15 is 0 Å². The van der Waals surface area contributed by atoms with E-state index in [4.69, 9.17) is 5.10 Å². The normalized spacial score (nSPS) is 13.5. The fourth-order valence-electron chi connectivity index (χ4n) is 4.93. The maximum atomic E-state index is 4.97. The van der Waals surface area contributed by atoms with E-state index in [2.05, 4.69) is 139 Å². The predicted octanol–water partition coefficient (Wildman–Crippen LogP) is 12.2. The number of benzene rings is 1. The van der Waals surface area contributed by atoms with Crippen LogP contribution in [-0.4, -0.2) is 39.3 Å². The third-order valence-corrected chi connectivity index (χ3v) is 8.24. The van der Waals surface area contributed by atoms with Gasteiger partial charge in [-0.2, -0.15) is 5.10 Å². The van der Waals surface area contributed by atoms with Gasteiger partial charge in [0, 0.05) is 47.7 Å². The molecule has 3 aromatic rings. The molecule has 46 heavy (non-hydrogen) atoms. The van der Waals surface area contributed by atoms with Crippen molar-refractivity contribution >= 4 is 5.57 Å². The monoisotopic (exact) mass is 629 g/mol. The lowest BCUT2D eigenvalue weighted by molar-refractivity contribution is 0.368. The van der Waals surface area contributed by atoms with Gasteiger partial charge in [-0.15, -0.1) is 6.58 Å². The highest BCUT2D eigenvalue weighted by molar-refractivity contribution is 5.67. The first-order valence-corrected chi connectivity index (χ1v) is 18.1. The smallest absolute Gasteiger partial charge is 0.0958 e. The minimum atomic E-state index is 0.334. The molecule has 0 aliphatic carbocycles. The largest absolute Gasteiger partial charge is 0.359 e. The zero-order valence-electron chi connectivity index (χ0n) is 31.8. The van der Waals surface area contributed by atoms with E-state index in [1.807, 2.05) is 19.9 Å².